The predicted octanol–water partition coefficient (Wildman–Crippen LogP) is 1.95. The first-order chi connectivity index (χ1) is 13.7. The van der Waals surface area contributed by atoms with Gasteiger partial charge in [-0.1, -0.05) is 30.3 Å². The molecule has 28 heavy (non-hydrogen) atoms. The van der Waals surface area contributed by atoms with Crippen LogP contribution in [0.25, 0.3) is 6.08 Å². The minimum atomic E-state index is -0.182. The molecule has 1 aromatic carbocycles. The van der Waals surface area contributed by atoms with Crippen LogP contribution in [0.3, 0.4) is 0 Å². The van der Waals surface area contributed by atoms with Crippen molar-refractivity contribution in [1.82, 2.24) is 20.1 Å². The fourth-order valence-electron chi connectivity index (χ4n) is 3.15. The molecule has 0 spiro atoms. The molecule has 0 bridgehead atoms. The van der Waals surface area contributed by atoms with Crippen molar-refractivity contribution in [3.63, 3.8) is 0 Å². The van der Waals surface area contributed by atoms with Crippen molar-refractivity contribution in [2.45, 2.75) is 13.0 Å². The molecule has 1 N–H and O–H groups in total. The van der Waals surface area contributed by atoms with Crippen LogP contribution in [0, 0.1) is 0 Å². The Morgan fingerprint density at radius 1 is 1.00 bits per heavy atom. The number of carbonyl (C=O) groups excluding carboxylic acids is 2. The molecular weight excluding hydrogens is 352 g/mol. The van der Waals surface area contributed by atoms with Gasteiger partial charge in [0, 0.05) is 64.2 Å². The molecule has 1 fully saturated rings. The largest absolute Gasteiger partial charge is 0.352 e. The van der Waals surface area contributed by atoms with Gasteiger partial charge in [-0.3, -0.25) is 19.5 Å². The monoisotopic (exact) mass is 378 g/mol. The molecule has 2 amide bonds. The summed E-state index contributed by atoms with van der Waals surface area (Å²) in [5.41, 5.74) is 2.21. The van der Waals surface area contributed by atoms with Crippen molar-refractivity contribution < 1.29 is 9.59 Å². The highest BCUT2D eigenvalue weighted by atomic mass is 16.2. The zero-order chi connectivity index (χ0) is 19.6. The van der Waals surface area contributed by atoms with Gasteiger partial charge in [0.25, 0.3) is 0 Å². The molecule has 2 heterocycles. The Hall–Kier alpha value is -2.99. The van der Waals surface area contributed by atoms with E-state index in [0.717, 1.165) is 38.3 Å². The maximum absolute atomic E-state index is 12.4. The second-order valence-electron chi connectivity index (χ2n) is 6.80. The molecule has 146 valence electrons. The Bertz CT molecular complexity index is 785. The average molecular weight is 378 g/mol. The smallest absolute Gasteiger partial charge is 0.244 e. The van der Waals surface area contributed by atoms with Crippen LogP contribution in [0.5, 0.6) is 0 Å². The van der Waals surface area contributed by atoms with Gasteiger partial charge in [-0.15, -0.1) is 0 Å². The van der Waals surface area contributed by atoms with Crippen LogP contribution in [-0.4, -0.2) is 59.3 Å². The predicted molar refractivity (Wildman–Crippen MR) is 109 cm³/mol. The number of nitrogens with one attached hydrogen (secondary N) is 1. The summed E-state index contributed by atoms with van der Waals surface area (Å²) in [4.78, 5) is 32.5. The highest BCUT2D eigenvalue weighted by Crippen LogP contribution is 2.08. The molecule has 1 aliphatic heterocycles. The van der Waals surface area contributed by atoms with E-state index in [1.165, 1.54) is 11.6 Å². The lowest BCUT2D eigenvalue weighted by Gasteiger charge is -2.34. The molecule has 1 saturated heterocycles. The summed E-state index contributed by atoms with van der Waals surface area (Å²) in [6, 6.07) is 13.7. The number of pyridine rings is 1. The fraction of sp³-hybridized carbons (Fsp3) is 0.318. The van der Waals surface area contributed by atoms with E-state index in [9.17, 15) is 9.59 Å². The minimum absolute atomic E-state index is 0.0934. The number of nitrogens with zero attached hydrogens (tertiary/aromatic N) is 3. The van der Waals surface area contributed by atoms with Gasteiger partial charge in [0.2, 0.25) is 11.8 Å². The normalized spacial score (nSPS) is 14.9. The lowest BCUT2D eigenvalue weighted by atomic mass is 10.2. The molecule has 0 aliphatic carbocycles. The molecule has 0 unspecified atom stereocenters. The Morgan fingerprint density at radius 3 is 2.43 bits per heavy atom. The maximum Gasteiger partial charge on any atom is 0.244 e. The van der Waals surface area contributed by atoms with Crippen LogP contribution >= 0.6 is 0 Å². The minimum Gasteiger partial charge on any atom is -0.352 e. The first-order valence-electron chi connectivity index (χ1n) is 9.61. The summed E-state index contributed by atoms with van der Waals surface area (Å²) in [5, 5.41) is 2.77. The quantitative estimate of drug-likeness (QED) is 0.748. The highest BCUT2D eigenvalue weighted by Gasteiger charge is 2.20. The molecule has 0 saturated carbocycles. The Kier molecular flexibility index (Phi) is 7.32. The number of hydrogen-bond acceptors (Lipinski definition) is 4. The van der Waals surface area contributed by atoms with Gasteiger partial charge in [0.1, 0.15) is 0 Å². The molecule has 1 aliphatic rings. The topological polar surface area (TPSA) is 65.5 Å². The average Bonchev–Trinajstić information content (AvgIpc) is 2.74. The van der Waals surface area contributed by atoms with Crippen LogP contribution in [0.4, 0.5) is 0 Å². The summed E-state index contributed by atoms with van der Waals surface area (Å²) in [6.07, 6.45) is 7.20. The summed E-state index contributed by atoms with van der Waals surface area (Å²) in [7, 11) is 0. The van der Waals surface area contributed by atoms with Crippen molar-refractivity contribution in [2.75, 3.05) is 32.7 Å². The van der Waals surface area contributed by atoms with Gasteiger partial charge in [-0.05, 0) is 29.3 Å². The SMILES string of the molecule is O=C(/C=C/c1ccccc1)NCCC(=O)N1CCN(Cc2ccncc2)CC1. The molecule has 1 aromatic heterocycles. The molecule has 3 rings (SSSR count). The third-order valence-corrected chi connectivity index (χ3v) is 4.75. The van der Waals surface area contributed by atoms with Crippen molar-refractivity contribution in [3.8, 4) is 0 Å². The van der Waals surface area contributed by atoms with E-state index in [2.05, 4.69) is 15.2 Å². The van der Waals surface area contributed by atoms with Crippen LogP contribution in [0.1, 0.15) is 17.5 Å². The summed E-state index contributed by atoms with van der Waals surface area (Å²) in [5.74, 6) is -0.0882. The van der Waals surface area contributed by atoms with Gasteiger partial charge in [0.15, 0.2) is 0 Å². The van der Waals surface area contributed by atoms with Crippen molar-refractivity contribution in [1.29, 1.82) is 0 Å². The fourth-order valence-corrected chi connectivity index (χ4v) is 3.15. The van der Waals surface area contributed by atoms with E-state index < -0.39 is 0 Å². The number of amides is 2. The number of aromatic nitrogens is 1. The summed E-state index contributed by atoms with van der Waals surface area (Å²) in [6.45, 7) is 4.42. The van der Waals surface area contributed by atoms with Crippen LogP contribution in [0.2, 0.25) is 0 Å². The lowest BCUT2D eigenvalue weighted by Crippen LogP contribution is -2.48. The highest BCUT2D eigenvalue weighted by molar-refractivity contribution is 5.92. The van der Waals surface area contributed by atoms with Crippen molar-refractivity contribution in [3.05, 3.63) is 72.1 Å². The van der Waals surface area contributed by atoms with Crippen LogP contribution < -0.4 is 5.32 Å². The van der Waals surface area contributed by atoms with Gasteiger partial charge in [0.05, 0.1) is 0 Å². The van der Waals surface area contributed by atoms with E-state index in [-0.39, 0.29) is 11.8 Å². The van der Waals surface area contributed by atoms with Gasteiger partial charge < -0.3 is 10.2 Å². The van der Waals surface area contributed by atoms with E-state index in [4.69, 9.17) is 0 Å². The zero-order valence-electron chi connectivity index (χ0n) is 16.0. The van der Waals surface area contributed by atoms with Gasteiger partial charge in [-0.2, -0.15) is 0 Å². The summed E-state index contributed by atoms with van der Waals surface area (Å²) >= 11 is 0. The molecule has 6 nitrogen and oxygen atoms in total. The van der Waals surface area contributed by atoms with Crippen LogP contribution in [-0.2, 0) is 16.1 Å². The number of benzene rings is 1. The number of rotatable bonds is 7. The molecule has 0 radical (unpaired) electrons. The van der Waals surface area contributed by atoms with Crippen molar-refractivity contribution in [2.24, 2.45) is 0 Å². The van der Waals surface area contributed by atoms with E-state index in [1.54, 1.807) is 18.5 Å². The Labute approximate surface area is 165 Å². The standard InChI is InChI=1S/C22H26N4O2/c27-21(7-6-19-4-2-1-3-5-19)24-13-10-22(28)26-16-14-25(15-17-26)18-20-8-11-23-12-9-20/h1-9,11-12H,10,13-18H2,(H,24,27)/b7-6+. The molecule has 2 aromatic rings. The van der Waals surface area contributed by atoms with Gasteiger partial charge in [-0.25, -0.2) is 0 Å². The van der Waals surface area contributed by atoms with Gasteiger partial charge >= 0.3 is 0 Å². The first-order valence-corrected chi connectivity index (χ1v) is 9.61. The number of piperazine rings is 1. The zero-order valence-corrected chi connectivity index (χ0v) is 16.0. The van der Waals surface area contributed by atoms with E-state index in [0.29, 0.717) is 13.0 Å². The first kappa shape index (κ1) is 19.8. The maximum atomic E-state index is 12.4. The third-order valence-electron chi connectivity index (χ3n) is 4.75. The van der Waals surface area contributed by atoms with Crippen molar-refractivity contribution >= 4 is 17.9 Å². The Balaban J connectivity index is 1.33. The lowest BCUT2D eigenvalue weighted by molar-refractivity contribution is -0.132. The second-order valence-corrected chi connectivity index (χ2v) is 6.80. The molecule has 6 heteroatoms. The third kappa shape index (κ3) is 6.32. The number of carbonyl (C=O) groups is 2. The van der Waals surface area contributed by atoms with E-state index in [1.807, 2.05) is 47.4 Å². The van der Waals surface area contributed by atoms with E-state index >= 15 is 0 Å². The molecule has 0 atom stereocenters. The van der Waals surface area contributed by atoms with Crippen LogP contribution in [0.15, 0.2) is 60.9 Å². The number of hydrogen-bond donors (Lipinski definition) is 1. The summed E-state index contributed by atoms with van der Waals surface area (Å²) < 4.78 is 0. The molecular formula is C22H26N4O2. The Morgan fingerprint density at radius 2 is 1.71 bits per heavy atom. The second kappa shape index (κ2) is 10.4.